The summed E-state index contributed by atoms with van der Waals surface area (Å²) in [4.78, 5) is 0. The molecule has 0 aromatic carbocycles. The highest BCUT2D eigenvalue weighted by atomic mass is 31.2. The van der Waals surface area contributed by atoms with Crippen LogP contribution in [0, 0.1) is 0 Å². The second-order valence-electron chi connectivity index (χ2n) is 4.09. The lowest BCUT2D eigenvalue weighted by Gasteiger charge is -2.27. The molecular weight excluding hydrogens is 279 g/mol. The first-order valence-corrected chi connectivity index (χ1v) is 7.71. The van der Waals surface area contributed by atoms with Crippen LogP contribution in [0.3, 0.4) is 0 Å². The van der Waals surface area contributed by atoms with E-state index in [2.05, 4.69) is 0 Å². The molecular formula is C10H21O8P. The van der Waals surface area contributed by atoms with Crippen LogP contribution in [0.4, 0.5) is 0 Å². The normalized spacial score (nSPS) is 33.6. The predicted octanol–water partition coefficient (Wildman–Crippen LogP) is -0.948. The van der Waals surface area contributed by atoms with Gasteiger partial charge in [-0.1, -0.05) is 0 Å². The van der Waals surface area contributed by atoms with Crippen LogP contribution in [0.2, 0.25) is 0 Å². The molecule has 19 heavy (non-hydrogen) atoms. The molecule has 1 fully saturated rings. The van der Waals surface area contributed by atoms with Crippen molar-refractivity contribution in [3.8, 4) is 0 Å². The van der Waals surface area contributed by atoms with Crippen molar-refractivity contribution in [2.24, 2.45) is 0 Å². The van der Waals surface area contributed by atoms with Gasteiger partial charge in [0.2, 0.25) is 0 Å². The first kappa shape index (κ1) is 17.0. The van der Waals surface area contributed by atoms with Crippen molar-refractivity contribution >= 4 is 7.60 Å². The first-order valence-electron chi connectivity index (χ1n) is 6.10. The average Bonchev–Trinajstić information content (AvgIpc) is 2.66. The summed E-state index contributed by atoms with van der Waals surface area (Å²) in [5, 5.41) is 38.3. The molecule has 0 aliphatic carbocycles. The lowest BCUT2D eigenvalue weighted by atomic mass is 10.1. The summed E-state index contributed by atoms with van der Waals surface area (Å²) >= 11 is 0. The fourth-order valence-corrected chi connectivity index (χ4v) is 3.61. The predicted molar refractivity (Wildman–Crippen MR) is 64.6 cm³/mol. The standard InChI is InChI=1S/C10H21O8P/c1-3-16-19(15,17-4-2)10(14)9-8(13)7(12)6(5-11)18-9/h6-14H,3-5H2,1-2H3/t6-,7-,8+,9+,10-/m1/s1. The van der Waals surface area contributed by atoms with Crippen molar-refractivity contribution in [2.75, 3.05) is 19.8 Å². The topological polar surface area (TPSA) is 126 Å². The van der Waals surface area contributed by atoms with E-state index in [1.54, 1.807) is 13.8 Å². The molecule has 1 rings (SSSR count). The van der Waals surface area contributed by atoms with Crippen molar-refractivity contribution in [1.29, 1.82) is 0 Å². The van der Waals surface area contributed by atoms with Crippen LogP contribution >= 0.6 is 7.60 Å². The Labute approximate surface area is 111 Å². The summed E-state index contributed by atoms with van der Waals surface area (Å²) in [6.07, 6.45) is -5.26. The van der Waals surface area contributed by atoms with Crippen molar-refractivity contribution in [2.45, 2.75) is 44.1 Å². The van der Waals surface area contributed by atoms with Gasteiger partial charge in [0.25, 0.3) is 0 Å². The van der Waals surface area contributed by atoms with Gasteiger partial charge in [0.05, 0.1) is 19.8 Å². The zero-order valence-corrected chi connectivity index (χ0v) is 11.8. The van der Waals surface area contributed by atoms with E-state index in [1.165, 1.54) is 0 Å². The van der Waals surface area contributed by atoms with Crippen LogP contribution in [0.1, 0.15) is 13.8 Å². The van der Waals surface area contributed by atoms with Crippen molar-refractivity contribution in [3.05, 3.63) is 0 Å². The monoisotopic (exact) mass is 300 g/mol. The maximum Gasteiger partial charge on any atom is 0.361 e. The van der Waals surface area contributed by atoms with Gasteiger partial charge < -0.3 is 34.2 Å². The maximum atomic E-state index is 12.3. The van der Waals surface area contributed by atoms with Gasteiger partial charge in [-0.15, -0.1) is 0 Å². The first-order chi connectivity index (χ1) is 8.91. The Kier molecular flexibility index (Phi) is 6.35. The van der Waals surface area contributed by atoms with Gasteiger partial charge in [-0.2, -0.15) is 0 Å². The summed E-state index contributed by atoms with van der Waals surface area (Å²) in [5.41, 5.74) is 0. The molecule has 1 aliphatic heterocycles. The van der Waals surface area contributed by atoms with Gasteiger partial charge in [-0.25, -0.2) is 0 Å². The number of ether oxygens (including phenoxy) is 1. The van der Waals surface area contributed by atoms with E-state index in [0.29, 0.717) is 0 Å². The van der Waals surface area contributed by atoms with Gasteiger partial charge in [0.15, 0.2) is 5.85 Å². The Bertz CT molecular complexity index is 315. The Morgan fingerprint density at radius 3 is 2.11 bits per heavy atom. The Morgan fingerprint density at radius 2 is 1.74 bits per heavy atom. The molecule has 1 heterocycles. The van der Waals surface area contributed by atoms with Crippen LogP contribution in [0.15, 0.2) is 0 Å². The third-order valence-electron chi connectivity index (χ3n) is 2.82. The van der Waals surface area contributed by atoms with Gasteiger partial charge >= 0.3 is 7.60 Å². The molecule has 4 N–H and O–H groups in total. The van der Waals surface area contributed by atoms with Crippen LogP contribution < -0.4 is 0 Å². The molecule has 8 nitrogen and oxygen atoms in total. The van der Waals surface area contributed by atoms with E-state index >= 15 is 0 Å². The van der Waals surface area contributed by atoms with Gasteiger partial charge in [0, 0.05) is 0 Å². The van der Waals surface area contributed by atoms with E-state index in [-0.39, 0.29) is 13.2 Å². The molecule has 1 aliphatic rings. The van der Waals surface area contributed by atoms with Crippen LogP contribution in [-0.2, 0) is 18.3 Å². The molecule has 0 saturated carbocycles. The Hall–Kier alpha value is -0.0500. The Morgan fingerprint density at radius 1 is 1.21 bits per heavy atom. The molecule has 5 atom stereocenters. The second-order valence-corrected chi connectivity index (χ2v) is 6.22. The molecule has 114 valence electrons. The Balaban J connectivity index is 2.86. The largest absolute Gasteiger partial charge is 0.394 e. The van der Waals surface area contributed by atoms with E-state index in [9.17, 15) is 19.9 Å². The second kappa shape index (κ2) is 7.10. The lowest BCUT2D eigenvalue weighted by Crippen LogP contribution is -2.39. The molecule has 0 amide bonds. The highest BCUT2D eigenvalue weighted by molar-refractivity contribution is 7.54. The number of hydrogen-bond donors (Lipinski definition) is 4. The summed E-state index contributed by atoms with van der Waals surface area (Å²) in [6, 6.07) is 0. The molecule has 0 spiro atoms. The summed E-state index contributed by atoms with van der Waals surface area (Å²) in [7, 11) is -3.88. The summed E-state index contributed by atoms with van der Waals surface area (Å²) in [5.74, 6) is -1.74. The summed E-state index contributed by atoms with van der Waals surface area (Å²) < 4.78 is 27.3. The number of aliphatic hydroxyl groups is 4. The molecule has 0 radical (unpaired) electrons. The SMILES string of the molecule is CCOP(=O)(OCC)[C@@H](O)[C@H]1O[C@H](CO)[C@@H](O)[C@@H]1O. The highest BCUT2D eigenvalue weighted by Crippen LogP contribution is 2.54. The number of rotatable bonds is 7. The fourth-order valence-electron chi connectivity index (χ4n) is 1.90. The zero-order chi connectivity index (χ0) is 14.6. The van der Waals surface area contributed by atoms with Gasteiger partial charge in [-0.05, 0) is 13.8 Å². The molecule has 0 aromatic heterocycles. The summed E-state index contributed by atoms with van der Waals surface area (Å²) in [6.45, 7) is 2.71. The molecule has 1 saturated heterocycles. The van der Waals surface area contributed by atoms with Gasteiger partial charge in [0.1, 0.15) is 24.4 Å². The molecule has 9 heteroatoms. The maximum absolute atomic E-state index is 12.3. The fraction of sp³-hybridized carbons (Fsp3) is 1.00. The van der Waals surface area contributed by atoms with Crippen molar-refractivity contribution < 1.29 is 38.8 Å². The van der Waals surface area contributed by atoms with E-state index < -0.39 is 44.5 Å². The smallest absolute Gasteiger partial charge is 0.361 e. The zero-order valence-electron chi connectivity index (χ0n) is 10.9. The van der Waals surface area contributed by atoms with E-state index in [0.717, 1.165) is 0 Å². The van der Waals surface area contributed by atoms with Crippen LogP contribution in [0.25, 0.3) is 0 Å². The van der Waals surface area contributed by atoms with Crippen molar-refractivity contribution in [1.82, 2.24) is 0 Å². The lowest BCUT2D eigenvalue weighted by molar-refractivity contribution is -0.0588. The minimum atomic E-state index is -3.88. The number of hydrogen-bond acceptors (Lipinski definition) is 8. The molecule has 0 bridgehead atoms. The van der Waals surface area contributed by atoms with Crippen molar-refractivity contribution in [3.63, 3.8) is 0 Å². The van der Waals surface area contributed by atoms with Gasteiger partial charge in [-0.3, -0.25) is 4.57 Å². The van der Waals surface area contributed by atoms with E-state index in [4.69, 9.17) is 18.9 Å². The minimum absolute atomic E-state index is 0.0448. The third-order valence-corrected chi connectivity index (χ3v) is 4.99. The number of aliphatic hydroxyl groups excluding tert-OH is 4. The molecule has 0 unspecified atom stereocenters. The highest BCUT2D eigenvalue weighted by Gasteiger charge is 2.52. The quantitative estimate of drug-likeness (QED) is 0.444. The van der Waals surface area contributed by atoms with Crippen LogP contribution in [-0.4, -0.2) is 70.5 Å². The minimum Gasteiger partial charge on any atom is -0.394 e. The average molecular weight is 300 g/mol. The van der Waals surface area contributed by atoms with E-state index in [1.807, 2.05) is 0 Å². The van der Waals surface area contributed by atoms with Crippen LogP contribution in [0.5, 0.6) is 0 Å². The third kappa shape index (κ3) is 3.53. The molecule has 0 aromatic rings.